The molecule has 0 aliphatic carbocycles. The van der Waals surface area contributed by atoms with Crippen molar-refractivity contribution in [3.8, 4) is 0 Å². The first-order valence-corrected chi connectivity index (χ1v) is 6.68. The number of halogens is 2. The normalized spacial score (nSPS) is 22.5. The van der Waals surface area contributed by atoms with Gasteiger partial charge in [-0.05, 0) is 11.6 Å². The molecule has 0 bridgehead atoms. The maximum Gasteiger partial charge on any atom is 0.308 e. The van der Waals surface area contributed by atoms with Crippen LogP contribution in [0.2, 0.25) is 0 Å². The molecule has 1 fully saturated rings. The molecule has 1 saturated heterocycles. The minimum Gasteiger partial charge on any atom is -0.481 e. The molecular formula is C14H15F2N3O2. The Hall–Kier alpha value is -2.02. The van der Waals surface area contributed by atoms with Crippen LogP contribution >= 0.6 is 0 Å². The van der Waals surface area contributed by atoms with E-state index in [1.165, 1.54) is 4.90 Å². The van der Waals surface area contributed by atoms with Gasteiger partial charge in [0.2, 0.25) is 0 Å². The lowest BCUT2D eigenvalue weighted by Crippen LogP contribution is -2.48. The second kappa shape index (κ2) is 5.07. The van der Waals surface area contributed by atoms with Gasteiger partial charge in [-0.2, -0.15) is 5.10 Å². The van der Waals surface area contributed by atoms with E-state index in [0.717, 1.165) is 16.5 Å². The number of hydrogen-bond donors (Lipinski definition) is 2. The lowest BCUT2D eigenvalue weighted by Gasteiger charge is -2.35. The van der Waals surface area contributed by atoms with E-state index in [9.17, 15) is 13.6 Å². The maximum atomic E-state index is 13.6. The summed E-state index contributed by atoms with van der Waals surface area (Å²) >= 11 is 0. The number of benzene rings is 1. The molecule has 1 aliphatic rings. The van der Waals surface area contributed by atoms with Gasteiger partial charge in [0.1, 0.15) is 0 Å². The Kier molecular flexibility index (Phi) is 3.36. The van der Waals surface area contributed by atoms with E-state index in [4.69, 9.17) is 5.11 Å². The second-order valence-electron chi connectivity index (χ2n) is 5.56. The van der Waals surface area contributed by atoms with Crippen molar-refractivity contribution >= 4 is 16.9 Å². The summed E-state index contributed by atoms with van der Waals surface area (Å²) in [6, 6.07) is 5.57. The van der Waals surface area contributed by atoms with Crippen molar-refractivity contribution in [2.24, 2.45) is 5.92 Å². The number of piperidine rings is 1. The first kappa shape index (κ1) is 13.9. The van der Waals surface area contributed by atoms with E-state index in [1.54, 1.807) is 6.20 Å². The van der Waals surface area contributed by atoms with E-state index in [-0.39, 0.29) is 6.54 Å². The molecule has 1 unspecified atom stereocenters. The number of hydrogen-bond acceptors (Lipinski definition) is 3. The Morgan fingerprint density at radius 3 is 3.10 bits per heavy atom. The van der Waals surface area contributed by atoms with Gasteiger partial charge in [0.25, 0.3) is 5.92 Å². The minimum atomic E-state index is -2.96. The molecule has 1 atom stereocenters. The number of H-pyrrole nitrogens is 1. The summed E-state index contributed by atoms with van der Waals surface area (Å²) < 4.78 is 27.3. The van der Waals surface area contributed by atoms with Gasteiger partial charge in [-0.3, -0.25) is 14.8 Å². The third-order valence-electron chi connectivity index (χ3n) is 3.74. The summed E-state index contributed by atoms with van der Waals surface area (Å²) in [6.45, 7) is 0.0397. The molecule has 21 heavy (non-hydrogen) atoms. The molecule has 0 radical (unpaired) electrons. The van der Waals surface area contributed by atoms with Crippen LogP contribution < -0.4 is 0 Å². The van der Waals surface area contributed by atoms with Crippen LogP contribution in [-0.2, 0) is 11.3 Å². The van der Waals surface area contributed by atoms with Crippen LogP contribution in [0.3, 0.4) is 0 Å². The van der Waals surface area contributed by atoms with Crippen molar-refractivity contribution in [1.82, 2.24) is 15.1 Å². The minimum absolute atomic E-state index is 0.145. The first-order chi connectivity index (χ1) is 9.93. The number of carboxylic acids is 1. The summed E-state index contributed by atoms with van der Waals surface area (Å²) in [7, 11) is 0. The number of fused-ring (bicyclic) bond motifs is 1. The Labute approximate surface area is 119 Å². The van der Waals surface area contributed by atoms with E-state index in [2.05, 4.69) is 10.2 Å². The van der Waals surface area contributed by atoms with Gasteiger partial charge in [0.15, 0.2) is 0 Å². The zero-order valence-electron chi connectivity index (χ0n) is 11.2. The summed E-state index contributed by atoms with van der Waals surface area (Å²) in [4.78, 5) is 12.5. The molecule has 1 aromatic heterocycles. The van der Waals surface area contributed by atoms with Crippen LogP contribution in [0.5, 0.6) is 0 Å². The Morgan fingerprint density at radius 2 is 2.33 bits per heavy atom. The number of alkyl halides is 2. The van der Waals surface area contributed by atoms with Crippen LogP contribution in [0.25, 0.3) is 10.9 Å². The first-order valence-electron chi connectivity index (χ1n) is 6.68. The van der Waals surface area contributed by atoms with Gasteiger partial charge < -0.3 is 5.11 Å². The number of rotatable bonds is 3. The molecule has 112 valence electrons. The van der Waals surface area contributed by atoms with Gasteiger partial charge >= 0.3 is 5.97 Å². The van der Waals surface area contributed by atoms with Crippen molar-refractivity contribution in [3.63, 3.8) is 0 Å². The molecule has 1 aromatic carbocycles. The summed E-state index contributed by atoms with van der Waals surface area (Å²) in [5, 5.41) is 16.7. The largest absolute Gasteiger partial charge is 0.481 e. The lowest BCUT2D eigenvalue weighted by molar-refractivity contribution is -0.153. The second-order valence-corrected chi connectivity index (χ2v) is 5.56. The van der Waals surface area contributed by atoms with Crippen molar-refractivity contribution in [1.29, 1.82) is 0 Å². The Balaban J connectivity index is 1.77. The summed E-state index contributed by atoms with van der Waals surface area (Å²) in [5.74, 6) is -5.15. The number of carbonyl (C=O) groups is 1. The van der Waals surface area contributed by atoms with Gasteiger partial charge in [0.05, 0.1) is 24.2 Å². The number of likely N-dealkylation sites (tertiary alicyclic amines) is 1. The quantitative estimate of drug-likeness (QED) is 0.910. The maximum absolute atomic E-state index is 13.6. The number of aromatic nitrogens is 2. The van der Waals surface area contributed by atoms with Gasteiger partial charge in [-0.1, -0.05) is 12.1 Å². The molecule has 2 aromatic rings. The molecule has 0 spiro atoms. The smallest absolute Gasteiger partial charge is 0.308 e. The number of aliphatic carboxylic acids is 1. The average molecular weight is 295 g/mol. The van der Waals surface area contributed by atoms with E-state index in [0.29, 0.717) is 6.54 Å². The Morgan fingerprint density at radius 1 is 1.52 bits per heavy atom. The van der Waals surface area contributed by atoms with Crippen molar-refractivity contribution in [3.05, 3.63) is 30.0 Å². The molecule has 1 aliphatic heterocycles. The standard InChI is InChI=1S/C14H15F2N3O2/c15-14(16)4-11(13(20)21)7-19(8-14)6-9-1-2-10-5-17-18-12(10)3-9/h1-3,5,11H,4,6-8H2,(H,17,18)(H,20,21). The predicted octanol–water partition coefficient (Wildman–Crippen LogP) is 2.10. The topological polar surface area (TPSA) is 69.2 Å². The van der Waals surface area contributed by atoms with Gasteiger partial charge in [-0.25, -0.2) is 8.78 Å². The molecule has 2 heterocycles. The molecular weight excluding hydrogens is 280 g/mol. The highest BCUT2D eigenvalue weighted by Crippen LogP contribution is 2.31. The molecule has 3 rings (SSSR count). The fraction of sp³-hybridized carbons (Fsp3) is 0.429. The SMILES string of the molecule is O=C(O)C1CN(Cc2ccc3cn[nH]c3c2)CC(F)(F)C1. The molecule has 2 N–H and O–H groups in total. The molecule has 7 heteroatoms. The predicted molar refractivity (Wildman–Crippen MR) is 72.1 cm³/mol. The number of nitrogens with zero attached hydrogens (tertiary/aromatic N) is 2. The van der Waals surface area contributed by atoms with Gasteiger partial charge in [0, 0.05) is 24.9 Å². The zero-order valence-corrected chi connectivity index (χ0v) is 11.2. The fourth-order valence-electron chi connectivity index (χ4n) is 2.82. The lowest BCUT2D eigenvalue weighted by atomic mass is 9.95. The Bertz CT molecular complexity index is 671. The summed E-state index contributed by atoms with van der Waals surface area (Å²) in [6.07, 6.45) is 1.10. The average Bonchev–Trinajstić information content (AvgIpc) is 2.84. The van der Waals surface area contributed by atoms with Crippen molar-refractivity contribution in [2.45, 2.75) is 18.9 Å². The van der Waals surface area contributed by atoms with Crippen LogP contribution in [0.1, 0.15) is 12.0 Å². The van der Waals surface area contributed by atoms with Crippen molar-refractivity contribution < 1.29 is 18.7 Å². The monoisotopic (exact) mass is 295 g/mol. The van der Waals surface area contributed by atoms with E-state index < -0.39 is 30.8 Å². The third kappa shape index (κ3) is 3.02. The van der Waals surface area contributed by atoms with Gasteiger partial charge in [-0.15, -0.1) is 0 Å². The fourth-order valence-corrected chi connectivity index (χ4v) is 2.82. The van der Waals surface area contributed by atoms with Crippen LogP contribution in [0, 0.1) is 5.92 Å². The van der Waals surface area contributed by atoms with Crippen LogP contribution in [0.4, 0.5) is 8.78 Å². The third-order valence-corrected chi connectivity index (χ3v) is 3.74. The van der Waals surface area contributed by atoms with Crippen molar-refractivity contribution in [2.75, 3.05) is 13.1 Å². The number of aromatic amines is 1. The number of carboxylic acid groups (broad SMARTS) is 1. The molecule has 5 nitrogen and oxygen atoms in total. The van der Waals surface area contributed by atoms with E-state index in [1.807, 2.05) is 18.2 Å². The summed E-state index contributed by atoms with van der Waals surface area (Å²) in [5.41, 5.74) is 1.69. The highest BCUT2D eigenvalue weighted by Gasteiger charge is 2.42. The highest BCUT2D eigenvalue weighted by molar-refractivity contribution is 5.78. The van der Waals surface area contributed by atoms with Crippen LogP contribution in [0.15, 0.2) is 24.4 Å². The highest BCUT2D eigenvalue weighted by atomic mass is 19.3. The van der Waals surface area contributed by atoms with Crippen LogP contribution in [-0.4, -0.2) is 45.2 Å². The number of nitrogens with one attached hydrogen (secondary N) is 1. The van der Waals surface area contributed by atoms with E-state index >= 15 is 0 Å². The zero-order chi connectivity index (χ0) is 15.0. The molecule has 0 amide bonds. The molecule has 0 saturated carbocycles.